The Labute approximate surface area is 177 Å². The van der Waals surface area contributed by atoms with Crippen molar-refractivity contribution in [3.8, 4) is 0 Å². The molecule has 1 amide bonds. The number of anilines is 1. The average Bonchev–Trinajstić information content (AvgIpc) is 3.23. The highest BCUT2D eigenvalue weighted by atomic mass is 32.2. The summed E-state index contributed by atoms with van der Waals surface area (Å²) in [6.45, 7) is 2.98. The maximum atomic E-state index is 13.8. The Hall–Kier alpha value is -2.47. The van der Waals surface area contributed by atoms with Gasteiger partial charge in [-0.15, -0.1) is 0 Å². The predicted molar refractivity (Wildman–Crippen MR) is 112 cm³/mol. The van der Waals surface area contributed by atoms with Gasteiger partial charge in [-0.05, 0) is 31.2 Å². The molecule has 4 rings (SSSR count). The van der Waals surface area contributed by atoms with Gasteiger partial charge in [0.1, 0.15) is 21.7 Å². The van der Waals surface area contributed by atoms with Crippen LogP contribution in [-0.2, 0) is 14.8 Å². The van der Waals surface area contributed by atoms with Crippen molar-refractivity contribution in [2.75, 3.05) is 31.5 Å². The van der Waals surface area contributed by atoms with Crippen LogP contribution in [0.1, 0.15) is 6.92 Å². The Morgan fingerprint density at radius 3 is 2.57 bits per heavy atom. The van der Waals surface area contributed by atoms with Gasteiger partial charge in [0.15, 0.2) is 0 Å². The zero-order valence-electron chi connectivity index (χ0n) is 16.2. The van der Waals surface area contributed by atoms with Crippen LogP contribution in [0.5, 0.6) is 0 Å². The monoisotopic (exact) mass is 449 g/mol. The lowest BCUT2D eigenvalue weighted by Gasteiger charge is -2.36. The topological polar surface area (TPSA) is 95.5 Å². The van der Waals surface area contributed by atoms with Crippen molar-refractivity contribution in [3.63, 3.8) is 0 Å². The van der Waals surface area contributed by atoms with Crippen molar-refractivity contribution < 1.29 is 17.6 Å². The van der Waals surface area contributed by atoms with Gasteiger partial charge in [0.25, 0.3) is 0 Å². The number of aromatic nitrogens is 2. The molecule has 1 unspecified atom stereocenters. The maximum absolute atomic E-state index is 13.8. The average molecular weight is 450 g/mol. The Morgan fingerprint density at radius 2 is 1.83 bits per heavy atom. The zero-order valence-corrected chi connectivity index (χ0v) is 17.8. The number of fused-ring (bicyclic) bond motifs is 1. The number of carbonyl (C=O) groups is 1. The number of piperazine rings is 1. The van der Waals surface area contributed by atoms with E-state index < -0.39 is 21.9 Å². The molecule has 30 heavy (non-hydrogen) atoms. The minimum Gasteiger partial charge on any atom is -0.322 e. The molecule has 1 aliphatic rings. The summed E-state index contributed by atoms with van der Waals surface area (Å²) in [5, 5.41) is 2.59. The van der Waals surface area contributed by atoms with Crippen LogP contribution in [0.15, 0.2) is 47.4 Å². The third-order valence-corrected chi connectivity index (χ3v) is 7.67. The first kappa shape index (κ1) is 20.8. The molecule has 1 N–H and O–H groups in total. The van der Waals surface area contributed by atoms with Crippen molar-refractivity contribution in [1.82, 2.24) is 18.0 Å². The molecule has 11 heteroatoms. The highest BCUT2D eigenvalue weighted by molar-refractivity contribution is 7.89. The van der Waals surface area contributed by atoms with E-state index in [1.54, 1.807) is 31.2 Å². The number of nitrogens with one attached hydrogen (secondary N) is 1. The second-order valence-corrected chi connectivity index (χ2v) is 9.41. The largest absolute Gasteiger partial charge is 0.322 e. The fraction of sp³-hybridized carbons (Fsp3) is 0.316. The molecule has 1 atom stereocenters. The van der Waals surface area contributed by atoms with Crippen molar-refractivity contribution in [3.05, 3.63) is 48.3 Å². The van der Waals surface area contributed by atoms with Gasteiger partial charge in [-0.1, -0.05) is 18.2 Å². The first-order valence-corrected chi connectivity index (χ1v) is 11.6. The summed E-state index contributed by atoms with van der Waals surface area (Å²) < 4.78 is 49.6. The lowest BCUT2D eigenvalue weighted by molar-refractivity contribution is -0.121. The van der Waals surface area contributed by atoms with Gasteiger partial charge in [0.05, 0.1) is 23.5 Å². The number of para-hydroxylation sites is 1. The second-order valence-electron chi connectivity index (χ2n) is 6.97. The molecule has 1 aromatic heterocycles. The summed E-state index contributed by atoms with van der Waals surface area (Å²) in [5.74, 6) is -0.839. The standard InChI is InChI=1S/C19H20FN5O3S2/c1-13(19(26)21-15-6-3-2-5-14(15)20)24-9-11-25(12-10-24)30(27,28)17-8-4-7-16-18(17)23-29-22-16/h2-8,13H,9-12H2,1H3,(H,21,26). The smallest absolute Gasteiger partial charge is 0.245 e. The van der Waals surface area contributed by atoms with Crippen molar-refractivity contribution in [2.24, 2.45) is 0 Å². The molecule has 8 nitrogen and oxygen atoms in total. The lowest BCUT2D eigenvalue weighted by Crippen LogP contribution is -2.53. The molecule has 3 aromatic rings. The fourth-order valence-electron chi connectivity index (χ4n) is 3.43. The zero-order chi connectivity index (χ0) is 21.3. The summed E-state index contributed by atoms with van der Waals surface area (Å²) in [6.07, 6.45) is 0. The summed E-state index contributed by atoms with van der Waals surface area (Å²) in [6, 6.07) is 10.4. The van der Waals surface area contributed by atoms with E-state index in [0.717, 1.165) is 11.7 Å². The highest BCUT2D eigenvalue weighted by Crippen LogP contribution is 2.25. The fourth-order valence-corrected chi connectivity index (χ4v) is 5.60. The minimum absolute atomic E-state index is 0.125. The lowest BCUT2D eigenvalue weighted by atomic mass is 10.2. The first-order chi connectivity index (χ1) is 14.4. The van der Waals surface area contributed by atoms with Crippen molar-refractivity contribution >= 4 is 44.4 Å². The molecule has 158 valence electrons. The Bertz CT molecular complexity index is 1180. The molecule has 0 bridgehead atoms. The predicted octanol–water partition coefficient (Wildman–Crippen LogP) is 2.16. The van der Waals surface area contributed by atoms with Crippen LogP contribution in [0.4, 0.5) is 10.1 Å². The van der Waals surface area contributed by atoms with E-state index in [0.29, 0.717) is 24.1 Å². The number of rotatable bonds is 5. The van der Waals surface area contributed by atoms with Gasteiger partial charge >= 0.3 is 0 Å². The van der Waals surface area contributed by atoms with Gasteiger partial charge in [-0.3, -0.25) is 9.69 Å². The molecule has 2 aromatic carbocycles. The van der Waals surface area contributed by atoms with Gasteiger partial charge in [0.2, 0.25) is 15.9 Å². The maximum Gasteiger partial charge on any atom is 0.245 e. The molecule has 0 saturated carbocycles. The van der Waals surface area contributed by atoms with E-state index in [4.69, 9.17) is 0 Å². The molecule has 0 radical (unpaired) electrons. The second kappa shape index (κ2) is 8.34. The number of hydrogen-bond donors (Lipinski definition) is 1. The van der Waals surface area contributed by atoms with E-state index in [2.05, 4.69) is 14.1 Å². The molecule has 2 heterocycles. The molecule has 1 fully saturated rings. The van der Waals surface area contributed by atoms with Crippen LogP contribution in [-0.4, -0.2) is 64.5 Å². The van der Waals surface area contributed by atoms with Gasteiger partial charge in [-0.2, -0.15) is 13.1 Å². The summed E-state index contributed by atoms with van der Waals surface area (Å²) in [4.78, 5) is 14.5. The number of halogens is 1. The molecular formula is C19H20FN5O3S2. The van der Waals surface area contributed by atoms with Gasteiger partial charge in [-0.25, -0.2) is 12.8 Å². The van der Waals surface area contributed by atoms with E-state index in [9.17, 15) is 17.6 Å². The SMILES string of the molecule is CC(C(=O)Nc1ccccc1F)N1CCN(S(=O)(=O)c2cccc3nsnc23)CC1. The number of hydrogen-bond acceptors (Lipinski definition) is 7. The van der Waals surface area contributed by atoms with Crippen LogP contribution in [0.3, 0.4) is 0 Å². The van der Waals surface area contributed by atoms with E-state index >= 15 is 0 Å². The Kier molecular flexibility index (Phi) is 5.78. The van der Waals surface area contributed by atoms with Crippen molar-refractivity contribution in [2.45, 2.75) is 17.9 Å². The third-order valence-electron chi connectivity index (χ3n) is 5.20. The molecule has 0 spiro atoms. The highest BCUT2D eigenvalue weighted by Gasteiger charge is 2.33. The van der Waals surface area contributed by atoms with Crippen LogP contribution in [0, 0.1) is 5.82 Å². The van der Waals surface area contributed by atoms with E-state index in [1.807, 2.05) is 4.90 Å². The Morgan fingerprint density at radius 1 is 1.10 bits per heavy atom. The molecule has 1 aliphatic heterocycles. The minimum atomic E-state index is -3.72. The van der Waals surface area contributed by atoms with Crippen LogP contribution >= 0.6 is 11.7 Å². The number of sulfonamides is 1. The summed E-state index contributed by atoms with van der Waals surface area (Å²) in [7, 11) is -3.72. The van der Waals surface area contributed by atoms with E-state index in [-0.39, 0.29) is 29.6 Å². The summed E-state index contributed by atoms with van der Waals surface area (Å²) in [5.41, 5.74) is 1.06. The number of nitrogens with zero attached hydrogens (tertiary/aromatic N) is 4. The van der Waals surface area contributed by atoms with Gasteiger partial charge < -0.3 is 5.32 Å². The summed E-state index contributed by atoms with van der Waals surface area (Å²) >= 11 is 0.977. The first-order valence-electron chi connectivity index (χ1n) is 9.39. The van der Waals surface area contributed by atoms with Gasteiger partial charge in [0, 0.05) is 26.2 Å². The number of benzene rings is 2. The number of amides is 1. The van der Waals surface area contributed by atoms with E-state index in [1.165, 1.54) is 22.5 Å². The normalized spacial score (nSPS) is 17.1. The number of carbonyl (C=O) groups excluding carboxylic acids is 1. The molecule has 0 aliphatic carbocycles. The van der Waals surface area contributed by atoms with Crippen LogP contribution in [0.25, 0.3) is 11.0 Å². The molecular weight excluding hydrogens is 429 g/mol. The quantitative estimate of drug-likeness (QED) is 0.641. The van der Waals surface area contributed by atoms with Crippen molar-refractivity contribution in [1.29, 1.82) is 0 Å². The van der Waals surface area contributed by atoms with Crippen LogP contribution < -0.4 is 5.32 Å². The van der Waals surface area contributed by atoms with Crippen LogP contribution in [0.2, 0.25) is 0 Å². The third kappa shape index (κ3) is 3.93. The Balaban J connectivity index is 1.42. The molecule has 1 saturated heterocycles.